The number of likely N-dealkylation sites (tertiary alicyclic amines) is 1. The van der Waals surface area contributed by atoms with Gasteiger partial charge in [0.15, 0.2) is 0 Å². The van der Waals surface area contributed by atoms with E-state index in [2.05, 4.69) is 5.32 Å². The molecule has 1 heterocycles. The fourth-order valence-corrected chi connectivity index (χ4v) is 3.48. The first kappa shape index (κ1) is 18.9. The Hall–Kier alpha value is -2.84. The third kappa shape index (κ3) is 4.29. The number of piperidine rings is 1. The van der Waals surface area contributed by atoms with Crippen molar-refractivity contribution in [3.63, 3.8) is 0 Å². The first-order valence-corrected chi connectivity index (χ1v) is 9.23. The van der Waals surface area contributed by atoms with Gasteiger partial charge in [-0.2, -0.15) is 5.26 Å². The highest BCUT2D eigenvalue weighted by atomic mass is 35.5. The molecule has 0 saturated carbocycles. The number of hydrogen-bond donors (Lipinski definition) is 1. The number of nitrogens with one attached hydrogen (secondary N) is 1. The predicted molar refractivity (Wildman–Crippen MR) is 105 cm³/mol. The largest absolute Gasteiger partial charge is 0.339 e. The molecule has 1 aliphatic heterocycles. The average Bonchev–Trinajstić information content (AvgIpc) is 2.68. The number of aryl methyl sites for hydroxylation is 1. The Morgan fingerprint density at radius 3 is 2.52 bits per heavy atom. The lowest BCUT2D eigenvalue weighted by atomic mass is 9.95. The number of carbonyl (C=O) groups excluding carboxylic acids is 2. The maximum absolute atomic E-state index is 12.7. The highest BCUT2D eigenvalue weighted by Crippen LogP contribution is 2.24. The SMILES string of the molecule is Cc1ccccc1C(=O)N1CCC(C(=O)Nc2ccc(C#N)c(Cl)c2)CC1. The van der Waals surface area contributed by atoms with Crippen molar-refractivity contribution in [2.45, 2.75) is 19.8 Å². The van der Waals surface area contributed by atoms with Crippen molar-refractivity contribution >= 4 is 29.1 Å². The van der Waals surface area contributed by atoms with E-state index in [1.54, 1.807) is 18.2 Å². The molecule has 6 heteroatoms. The number of benzene rings is 2. The summed E-state index contributed by atoms with van der Waals surface area (Å²) in [5, 5.41) is 12.1. The minimum atomic E-state index is -0.152. The molecule has 138 valence electrons. The quantitative estimate of drug-likeness (QED) is 0.872. The van der Waals surface area contributed by atoms with Crippen LogP contribution in [-0.4, -0.2) is 29.8 Å². The van der Waals surface area contributed by atoms with E-state index in [0.29, 0.717) is 47.8 Å². The van der Waals surface area contributed by atoms with Gasteiger partial charge in [0.1, 0.15) is 6.07 Å². The number of rotatable bonds is 3. The molecule has 2 aromatic carbocycles. The topological polar surface area (TPSA) is 73.2 Å². The zero-order valence-corrected chi connectivity index (χ0v) is 15.8. The molecule has 2 aromatic rings. The predicted octanol–water partition coefficient (Wildman–Crippen LogP) is 4.01. The molecule has 5 nitrogen and oxygen atoms in total. The van der Waals surface area contributed by atoms with Gasteiger partial charge in [0.05, 0.1) is 10.6 Å². The molecule has 0 atom stereocenters. The van der Waals surface area contributed by atoms with Crippen LogP contribution in [0.3, 0.4) is 0 Å². The van der Waals surface area contributed by atoms with Crippen molar-refractivity contribution in [1.29, 1.82) is 5.26 Å². The molecular formula is C21H20ClN3O2. The van der Waals surface area contributed by atoms with Crippen LogP contribution in [-0.2, 0) is 4.79 Å². The van der Waals surface area contributed by atoms with Crippen LogP contribution in [0, 0.1) is 24.2 Å². The Morgan fingerprint density at radius 2 is 1.89 bits per heavy atom. The Balaban J connectivity index is 1.58. The number of hydrogen-bond acceptors (Lipinski definition) is 3. The first-order valence-electron chi connectivity index (χ1n) is 8.85. The lowest BCUT2D eigenvalue weighted by Gasteiger charge is -2.31. The van der Waals surface area contributed by atoms with Gasteiger partial charge in [0, 0.05) is 30.3 Å². The van der Waals surface area contributed by atoms with Crippen molar-refractivity contribution in [2.75, 3.05) is 18.4 Å². The third-order valence-electron chi connectivity index (χ3n) is 4.89. The molecular weight excluding hydrogens is 362 g/mol. The van der Waals surface area contributed by atoms with Crippen LogP contribution in [0.4, 0.5) is 5.69 Å². The highest BCUT2D eigenvalue weighted by molar-refractivity contribution is 6.32. The zero-order chi connectivity index (χ0) is 19.4. The Morgan fingerprint density at radius 1 is 1.19 bits per heavy atom. The van der Waals surface area contributed by atoms with Gasteiger partial charge < -0.3 is 10.2 Å². The monoisotopic (exact) mass is 381 g/mol. The molecule has 0 radical (unpaired) electrons. The van der Waals surface area contributed by atoms with E-state index >= 15 is 0 Å². The summed E-state index contributed by atoms with van der Waals surface area (Å²) >= 11 is 6.01. The lowest BCUT2D eigenvalue weighted by Crippen LogP contribution is -2.41. The second-order valence-electron chi connectivity index (χ2n) is 6.68. The van der Waals surface area contributed by atoms with Crippen LogP contribution in [0.15, 0.2) is 42.5 Å². The Bertz CT molecular complexity index is 912. The van der Waals surface area contributed by atoms with Crippen LogP contribution >= 0.6 is 11.6 Å². The van der Waals surface area contributed by atoms with Crippen LogP contribution in [0.5, 0.6) is 0 Å². The molecule has 1 fully saturated rings. The number of anilines is 1. The van der Waals surface area contributed by atoms with E-state index in [1.807, 2.05) is 42.2 Å². The summed E-state index contributed by atoms with van der Waals surface area (Å²) < 4.78 is 0. The summed E-state index contributed by atoms with van der Waals surface area (Å²) in [6.45, 7) is 3.04. The molecule has 27 heavy (non-hydrogen) atoms. The molecule has 1 aliphatic rings. The molecule has 0 aliphatic carbocycles. The van der Waals surface area contributed by atoms with E-state index in [9.17, 15) is 9.59 Å². The number of halogens is 1. The normalized spacial score (nSPS) is 14.5. The van der Waals surface area contributed by atoms with Gasteiger partial charge >= 0.3 is 0 Å². The molecule has 0 bridgehead atoms. The van der Waals surface area contributed by atoms with Crippen LogP contribution in [0.25, 0.3) is 0 Å². The number of amides is 2. The molecule has 0 spiro atoms. The average molecular weight is 382 g/mol. The van der Waals surface area contributed by atoms with Gasteiger partial charge in [0.2, 0.25) is 5.91 Å². The summed E-state index contributed by atoms with van der Waals surface area (Å²) in [6.07, 6.45) is 1.24. The molecule has 0 unspecified atom stereocenters. The van der Waals surface area contributed by atoms with E-state index in [0.717, 1.165) is 5.56 Å². The second kappa shape index (κ2) is 8.24. The smallest absolute Gasteiger partial charge is 0.254 e. The fraction of sp³-hybridized carbons (Fsp3) is 0.286. The number of nitriles is 1. The van der Waals surface area contributed by atoms with Gasteiger partial charge in [-0.1, -0.05) is 29.8 Å². The minimum absolute atomic E-state index is 0.0193. The van der Waals surface area contributed by atoms with Crippen molar-refractivity contribution in [1.82, 2.24) is 4.90 Å². The highest BCUT2D eigenvalue weighted by Gasteiger charge is 2.28. The number of carbonyl (C=O) groups is 2. The minimum Gasteiger partial charge on any atom is -0.339 e. The van der Waals surface area contributed by atoms with E-state index in [4.69, 9.17) is 16.9 Å². The summed E-state index contributed by atoms with van der Waals surface area (Å²) in [5.41, 5.74) is 2.62. The zero-order valence-electron chi connectivity index (χ0n) is 15.0. The Kier molecular flexibility index (Phi) is 5.78. The van der Waals surface area contributed by atoms with Crippen molar-refractivity contribution in [3.05, 3.63) is 64.2 Å². The lowest BCUT2D eigenvalue weighted by molar-refractivity contribution is -0.121. The van der Waals surface area contributed by atoms with E-state index < -0.39 is 0 Å². The fourth-order valence-electron chi connectivity index (χ4n) is 3.26. The van der Waals surface area contributed by atoms with Crippen LogP contribution in [0.2, 0.25) is 5.02 Å². The van der Waals surface area contributed by atoms with Crippen molar-refractivity contribution in [2.24, 2.45) is 5.92 Å². The summed E-state index contributed by atoms with van der Waals surface area (Å²) in [7, 11) is 0. The molecule has 1 N–H and O–H groups in total. The maximum atomic E-state index is 12.7. The van der Waals surface area contributed by atoms with E-state index in [1.165, 1.54) is 0 Å². The summed E-state index contributed by atoms with van der Waals surface area (Å²) in [6, 6.07) is 14.4. The van der Waals surface area contributed by atoms with Gasteiger partial charge in [-0.25, -0.2) is 0 Å². The van der Waals surface area contributed by atoms with Gasteiger partial charge in [-0.15, -0.1) is 0 Å². The summed E-state index contributed by atoms with van der Waals surface area (Å²) in [5.74, 6) is -0.218. The molecule has 3 rings (SSSR count). The van der Waals surface area contributed by atoms with Gasteiger partial charge in [-0.05, 0) is 49.6 Å². The first-order chi connectivity index (χ1) is 13.0. The molecule has 2 amide bonds. The molecule has 0 aromatic heterocycles. The van der Waals surface area contributed by atoms with Gasteiger partial charge in [-0.3, -0.25) is 9.59 Å². The van der Waals surface area contributed by atoms with Gasteiger partial charge in [0.25, 0.3) is 5.91 Å². The van der Waals surface area contributed by atoms with E-state index in [-0.39, 0.29) is 17.7 Å². The van der Waals surface area contributed by atoms with Crippen molar-refractivity contribution < 1.29 is 9.59 Å². The molecule has 1 saturated heterocycles. The number of nitrogens with zero attached hydrogens (tertiary/aromatic N) is 2. The summed E-state index contributed by atoms with van der Waals surface area (Å²) in [4.78, 5) is 27.0. The van der Waals surface area contributed by atoms with Crippen LogP contribution in [0.1, 0.15) is 34.3 Å². The third-order valence-corrected chi connectivity index (χ3v) is 5.20. The maximum Gasteiger partial charge on any atom is 0.254 e. The second-order valence-corrected chi connectivity index (χ2v) is 7.08. The standard InChI is InChI=1S/C21H20ClN3O2/c1-14-4-2-3-5-18(14)21(27)25-10-8-15(9-11-25)20(26)24-17-7-6-16(13-23)19(22)12-17/h2-7,12,15H,8-11H2,1H3,(H,24,26). The van der Waals surface area contributed by atoms with Crippen LogP contribution < -0.4 is 5.32 Å². The van der Waals surface area contributed by atoms with Crippen molar-refractivity contribution in [3.8, 4) is 6.07 Å². The Labute approximate surface area is 163 Å².